The Labute approximate surface area is 408 Å². The number of piperidine rings is 3. The summed E-state index contributed by atoms with van der Waals surface area (Å²) in [5.41, 5.74) is 4.04. The number of carbonyl (C=O) groups is 3. The summed E-state index contributed by atoms with van der Waals surface area (Å²) in [6.07, 6.45) is 6.10. The molecule has 1 aliphatic carbocycles. The number of thioether (sulfide) groups is 1. The molecule has 68 heavy (non-hydrogen) atoms. The normalized spacial score (nSPS) is 20.7. The first-order valence-electron chi connectivity index (χ1n) is 23.0. The molecule has 10 rings (SSSR count). The van der Waals surface area contributed by atoms with Crippen molar-refractivity contribution in [2.75, 3.05) is 38.5 Å². The highest BCUT2D eigenvalue weighted by Crippen LogP contribution is 2.40. The molecule has 0 unspecified atom stereocenters. The lowest BCUT2D eigenvalue weighted by molar-refractivity contribution is -0.159. The minimum absolute atomic E-state index is 0.0181. The van der Waals surface area contributed by atoms with Crippen LogP contribution in [-0.2, 0) is 32.1 Å². The predicted molar refractivity (Wildman–Crippen MR) is 255 cm³/mol. The molecule has 5 aliphatic rings. The molecule has 4 aliphatic heterocycles. The van der Waals surface area contributed by atoms with Gasteiger partial charge in [0.1, 0.15) is 24.6 Å². The summed E-state index contributed by atoms with van der Waals surface area (Å²) in [4.78, 5) is 49.5. The lowest BCUT2D eigenvalue weighted by Crippen LogP contribution is -2.52. The van der Waals surface area contributed by atoms with E-state index in [1.165, 1.54) is 47.3 Å². The first-order valence-corrected chi connectivity index (χ1v) is 24.8. The van der Waals surface area contributed by atoms with E-state index < -0.39 is 24.1 Å². The van der Waals surface area contributed by atoms with E-state index in [9.17, 15) is 23.2 Å². The number of benzene rings is 4. The van der Waals surface area contributed by atoms with Crippen LogP contribution in [0.5, 0.6) is 17.2 Å². The van der Waals surface area contributed by atoms with Crippen molar-refractivity contribution >= 4 is 52.8 Å². The quantitative estimate of drug-likeness (QED) is 0.0736. The molecular weight excluding hydrogens is 936 g/mol. The first-order chi connectivity index (χ1) is 33.0. The van der Waals surface area contributed by atoms with Crippen LogP contribution in [0.2, 0.25) is 10.0 Å². The summed E-state index contributed by atoms with van der Waals surface area (Å²) < 4.78 is 56.0. The van der Waals surface area contributed by atoms with E-state index in [1.54, 1.807) is 12.1 Å². The van der Waals surface area contributed by atoms with E-state index in [0.29, 0.717) is 53.2 Å². The zero-order valence-electron chi connectivity index (χ0n) is 37.2. The van der Waals surface area contributed by atoms with Gasteiger partial charge >= 0.3 is 18.6 Å². The van der Waals surface area contributed by atoms with Crippen LogP contribution in [-0.4, -0.2) is 89.3 Å². The topological polar surface area (TPSA) is 117 Å². The number of rotatable bonds is 19. The molecule has 5 fully saturated rings. The van der Waals surface area contributed by atoms with E-state index in [0.717, 1.165) is 62.0 Å². The Morgan fingerprint density at radius 1 is 0.794 bits per heavy atom. The number of pyridine rings is 1. The van der Waals surface area contributed by atoms with Gasteiger partial charge in [0.05, 0.1) is 23.1 Å². The predicted octanol–water partition coefficient (Wildman–Crippen LogP) is 10.6. The van der Waals surface area contributed by atoms with Crippen LogP contribution in [0.25, 0.3) is 0 Å². The molecule has 356 valence electrons. The summed E-state index contributed by atoms with van der Waals surface area (Å²) in [6.45, 7) is 0.725. The van der Waals surface area contributed by atoms with Gasteiger partial charge in [0.25, 0.3) is 5.91 Å². The maximum Gasteiger partial charge on any atom is 0.387 e. The highest BCUT2D eigenvalue weighted by atomic mass is 35.5. The van der Waals surface area contributed by atoms with Gasteiger partial charge in [-0.2, -0.15) is 8.78 Å². The van der Waals surface area contributed by atoms with Crippen molar-refractivity contribution < 1.29 is 46.8 Å². The van der Waals surface area contributed by atoms with Crippen LogP contribution < -0.4 is 14.2 Å². The summed E-state index contributed by atoms with van der Waals surface area (Å²) in [7, 11) is 0. The second-order valence-corrected chi connectivity index (χ2v) is 19.7. The molecular formula is C52H51Cl2F2N3O8S. The number of halogens is 4. The summed E-state index contributed by atoms with van der Waals surface area (Å²) in [5.74, 6) is 0.367. The molecule has 5 aromatic rings. The van der Waals surface area contributed by atoms with Crippen molar-refractivity contribution in [3.05, 3.63) is 153 Å². The zero-order chi connectivity index (χ0) is 47.1. The Morgan fingerprint density at radius 2 is 1.54 bits per heavy atom. The number of alkyl halides is 2. The van der Waals surface area contributed by atoms with E-state index >= 15 is 0 Å². The van der Waals surface area contributed by atoms with Crippen LogP contribution in [0.1, 0.15) is 82.3 Å². The average Bonchev–Trinajstić information content (AvgIpc) is 4.06. The number of amides is 1. The second-order valence-electron chi connectivity index (χ2n) is 17.7. The second kappa shape index (κ2) is 21.9. The molecule has 4 atom stereocenters. The number of esters is 2. The van der Waals surface area contributed by atoms with Crippen LogP contribution in [0.15, 0.2) is 109 Å². The standard InChI is InChI=1S/C52H51Cl2F2N3O8S/c53-42-27-57-28-43(54)41(42)25-45(38-15-16-44(67-52(55)56)46(24-38)64-31-32-9-10-32)66-51(62)50-59(21-22-68-50)49(61)36-13-11-33(12-14-36)30-63-39-8-4-7-37(23-39)40(34-5-2-1-3-6-34)26-48(60)65-47-29-58-19-17-35(47)18-20-58/h1-8,11-16,23-24,27-28,32,35,40,45,47,50,52H,9-10,17-22,25-26,29-31H2/t40-,45-,47-,50-/m0/s1. The Kier molecular flexibility index (Phi) is 15.4. The van der Waals surface area contributed by atoms with Gasteiger partial charge in [0.15, 0.2) is 16.9 Å². The summed E-state index contributed by atoms with van der Waals surface area (Å²) in [5, 5.41) is -0.473. The van der Waals surface area contributed by atoms with Gasteiger partial charge in [0, 0.05) is 49.1 Å². The fraction of sp³-hybridized carbons (Fsp3) is 0.385. The number of fused-ring (bicyclic) bond motifs is 3. The summed E-state index contributed by atoms with van der Waals surface area (Å²) >= 11 is 14.3. The molecule has 11 nitrogen and oxygen atoms in total. The highest BCUT2D eigenvalue weighted by molar-refractivity contribution is 8.00. The number of ether oxygens (including phenoxy) is 5. The van der Waals surface area contributed by atoms with Crippen LogP contribution >= 0.6 is 35.0 Å². The van der Waals surface area contributed by atoms with Crippen molar-refractivity contribution in [1.29, 1.82) is 0 Å². The lowest BCUT2D eigenvalue weighted by Gasteiger charge is -2.44. The molecule has 2 bridgehead atoms. The van der Waals surface area contributed by atoms with Crippen LogP contribution in [0, 0.1) is 11.8 Å². The van der Waals surface area contributed by atoms with E-state index in [-0.39, 0.29) is 64.9 Å². The molecule has 0 spiro atoms. The van der Waals surface area contributed by atoms with Gasteiger partial charge in [0.2, 0.25) is 0 Å². The highest BCUT2D eigenvalue weighted by Gasteiger charge is 2.39. The van der Waals surface area contributed by atoms with Gasteiger partial charge in [-0.3, -0.25) is 19.5 Å². The van der Waals surface area contributed by atoms with Gasteiger partial charge in [-0.15, -0.1) is 11.8 Å². The summed E-state index contributed by atoms with van der Waals surface area (Å²) in [6, 6.07) is 29.2. The number of aromatic nitrogens is 1. The van der Waals surface area contributed by atoms with Gasteiger partial charge in [-0.25, -0.2) is 4.79 Å². The Balaban J connectivity index is 0.854. The largest absolute Gasteiger partial charge is 0.489 e. The molecule has 4 saturated heterocycles. The number of hydrogen-bond acceptors (Lipinski definition) is 11. The number of hydrogen-bond donors (Lipinski definition) is 0. The first kappa shape index (κ1) is 47.6. The third-order valence-corrected chi connectivity index (χ3v) is 14.8. The maximum atomic E-state index is 14.1. The molecule has 1 saturated carbocycles. The molecule has 0 radical (unpaired) electrons. The van der Waals surface area contributed by atoms with Crippen molar-refractivity contribution in [3.8, 4) is 17.2 Å². The van der Waals surface area contributed by atoms with Gasteiger partial charge in [-0.1, -0.05) is 83.9 Å². The third kappa shape index (κ3) is 11.9. The molecule has 5 heterocycles. The van der Waals surface area contributed by atoms with Gasteiger partial charge in [-0.05, 0) is 115 Å². The molecule has 16 heteroatoms. The van der Waals surface area contributed by atoms with Crippen molar-refractivity contribution in [2.45, 2.75) is 75.2 Å². The van der Waals surface area contributed by atoms with E-state index in [2.05, 4.69) is 9.88 Å². The van der Waals surface area contributed by atoms with E-state index in [4.69, 9.17) is 46.9 Å². The van der Waals surface area contributed by atoms with Gasteiger partial charge < -0.3 is 28.6 Å². The molecule has 1 aromatic heterocycles. The Morgan fingerprint density at radius 3 is 2.25 bits per heavy atom. The Hall–Kier alpha value is -5.41. The number of carbonyl (C=O) groups excluding carboxylic acids is 3. The Bertz CT molecular complexity index is 2550. The fourth-order valence-corrected chi connectivity index (χ4v) is 10.7. The fourth-order valence-electron chi connectivity index (χ4n) is 9.08. The van der Waals surface area contributed by atoms with Crippen molar-refractivity contribution in [3.63, 3.8) is 0 Å². The monoisotopic (exact) mass is 985 g/mol. The SMILES string of the molecule is O=C(C[C@@H](c1ccccc1)c1cccc(OCc2ccc(C(=O)N3CCS[C@H]3C(=O)O[C@@H](Cc3c(Cl)cncc3Cl)c3ccc(OC(F)F)c(OCC4CC4)c3)cc2)c1)O[C@H]1CN2CCC1CC2. The maximum absolute atomic E-state index is 14.1. The minimum atomic E-state index is -3.08. The lowest BCUT2D eigenvalue weighted by atomic mass is 9.85. The van der Waals surface area contributed by atoms with Crippen LogP contribution in [0.3, 0.4) is 0 Å². The average molecular weight is 987 g/mol. The molecule has 4 aromatic carbocycles. The van der Waals surface area contributed by atoms with E-state index in [1.807, 2.05) is 66.7 Å². The van der Waals surface area contributed by atoms with Crippen molar-refractivity contribution in [2.24, 2.45) is 11.8 Å². The molecule has 1 amide bonds. The zero-order valence-corrected chi connectivity index (χ0v) is 39.5. The molecule has 0 N–H and O–H groups in total. The van der Waals surface area contributed by atoms with Crippen molar-refractivity contribution in [1.82, 2.24) is 14.8 Å². The van der Waals surface area contributed by atoms with Crippen LogP contribution in [0.4, 0.5) is 8.78 Å². The number of nitrogens with zero attached hydrogens (tertiary/aromatic N) is 3. The third-order valence-electron chi connectivity index (χ3n) is 13.0. The minimum Gasteiger partial charge on any atom is -0.489 e. The smallest absolute Gasteiger partial charge is 0.387 e.